The van der Waals surface area contributed by atoms with Crippen molar-refractivity contribution in [3.05, 3.63) is 46.3 Å². The van der Waals surface area contributed by atoms with Crippen LogP contribution in [0.25, 0.3) is 0 Å². The third kappa shape index (κ3) is 2.84. The van der Waals surface area contributed by atoms with Crippen molar-refractivity contribution in [2.24, 2.45) is 0 Å². The monoisotopic (exact) mass is 308 g/mol. The van der Waals surface area contributed by atoms with Crippen LogP contribution in [0, 0.1) is 6.92 Å². The molecule has 1 heterocycles. The molecule has 1 N–H and O–H groups in total. The zero-order valence-electron chi connectivity index (χ0n) is 9.42. The molecule has 1 aromatic heterocycles. The van der Waals surface area contributed by atoms with Crippen LogP contribution in [0.4, 0.5) is 0 Å². The zero-order chi connectivity index (χ0) is 13.1. The minimum Gasteiger partial charge on any atom is -0.476 e. The van der Waals surface area contributed by atoms with E-state index in [1.807, 2.05) is 19.1 Å². The lowest BCUT2D eigenvalue weighted by molar-refractivity contribution is 0.0690. The molecular formula is C12H9BrN2O3. The second-order valence-corrected chi connectivity index (χ2v) is 4.44. The van der Waals surface area contributed by atoms with Gasteiger partial charge in [-0.2, -0.15) is 0 Å². The number of carbonyl (C=O) groups is 1. The summed E-state index contributed by atoms with van der Waals surface area (Å²) in [5.74, 6) is -0.284. The molecule has 6 heteroatoms. The van der Waals surface area contributed by atoms with Crippen molar-refractivity contribution in [2.75, 3.05) is 0 Å². The number of carboxylic acids is 1. The van der Waals surface area contributed by atoms with Crippen molar-refractivity contribution >= 4 is 21.9 Å². The summed E-state index contributed by atoms with van der Waals surface area (Å²) >= 11 is 3.37. The van der Waals surface area contributed by atoms with Crippen LogP contribution in [-0.2, 0) is 0 Å². The fraction of sp³-hybridized carbons (Fsp3) is 0.0833. The van der Waals surface area contributed by atoms with E-state index in [0.29, 0.717) is 5.75 Å². The Morgan fingerprint density at radius 3 is 2.67 bits per heavy atom. The summed E-state index contributed by atoms with van der Waals surface area (Å²) in [6.45, 7) is 1.97. The van der Waals surface area contributed by atoms with Crippen LogP contribution >= 0.6 is 15.9 Å². The lowest BCUT2D eigenvalue weighted by Crippen LogP contribution is -2.01. The first-order chi connectivity index (χ1) is 8.56. The van der Waals surface area contributed by atoms with Gasteiger partial charge in [-0.25, -0.2) is 14.8 Å². The first-order valence-corrected chi connectivity index (χ1v) is 5.85. The van der Waals surface area contributed by atoms with Gasteiger partial charge in [0.25, 0.3) is 0 Å². The first kappa shape index (κ1) is 12.5. The van der Waals surface area contributed by atoms with Crippen LogP contribution < -0.4 is 4.74 Å². The van der Waals surface area contributed by atoms with Gasteiger partial charge in [-0.15, -0.1) is 0 Å². The number of hydrogen-bond donors (Lipinski definition) is 1. The molecule has 0 fully saturated rings. The molecule has 5 nitrogen and oxygen atoms in total. The van der Waals surface area contributed by atoms with Crippen LogP contribution in [0.2, 0.25) is 0 Å². The molecule has 1 aromatic carbocycles. The maximum absolute atomic E-state index is 10.6. The normalized spacial score (nSPS) is 10.1. The average molecular weight is 309 g/mol. The number of benzene rings is 1. The van der Waals surface area contributed by atoms with Gasteiger partial charge in [0, 0.05) is 0 Å². The number of nitrogens with zero attached hydrogens (tertiary/aromatic N) is 2. The van der Waals surface area contributed by atoms with E-state index in [4.69, 9.17) is 9.84 Å². The van der Waals surface area contributed by atoms with Crippen molar-refractivity contribution in [1.29, 1.82) is 0 Å². The Morgan fingerprint density at radius 2 is 2.11 bits per heavy atom. The van der Waals surface area contributed by atoms with E-state index in [-0.39, 0.29) is 11.6 Å². The fourth-order valence-electron chi connectivity index (χ4n) is 1.28. The van der Waals surface area contributed by atoms with E-state index in [1.54, 1.807) is 6.07 Å². The van der Waals surface area contributed by atoms with Crippen LogP contribution in [0.1, 0.15) is 16.1 Å². The molecule has 0 aliphatic rings. The minimum atomic E-state index is -1.12. The number of ether oxygens (including phenoxy) is 1. The molecule has 0 radical (unpaired) electrons. The maximum atomic E-state index is 10.6. The van der Waals surface area contributed by atoms with Gasteiger partial charge in [0.2, 0.25) is 5.88 Å². The smallest absolute Gasteiger partial charge is 0.356 e. The van der Waals surface area contributed by atoms with E-state index >= 15 is 0 Å². The Bertz CT molecular complexity index is 584. The Kier molecular flexibility index (Phi) is 3.57. The number of aromatic carboxylic acids is 1. The number of carboxylic acid groups (broad SMARTS) is 1. The molecule has 0 spiro atoms. The van der Waals surface area contributed by atoms with Gasteiger partial charge in [0.1, 0.15) is 5.75 Å². The van der Waals surface area contributed by atoms with E-state index in [1.165, 1.54) is 6.20 Å². The molecule has 92 valence electrons. The summed E-state index contributed by atoms with van der Waals surface area (Å²) in [5, 5.41) is 8.69. The molecule has 0 saturated carbocycles. The molecule has 0 unspecified atom stereocenters. The molecule has 0 aliphatic carbocycles. The number of hydrogen-bond acceptors (Lipinski definition) is 4. The van der Waals surface area contributed by atoms with Gasteiger partial charge in [0.15, 0.2) is 5.69 Å². The summed E-state index contributed by atoms with van der Waals surface area (Å²) in [5.41, 5.74) is 0.979. The quantitative estimate of drug-likeness (QED) is 0.943. The SMILES string of the molecule is Cc1ccc(Oc2cnc(C(=O)O)cn2)c(Br)c1. The lowest BCUT2D eigenvalue weighted by Gasteiger charge is -2.06. The van der Waals surface area contributed by atoms with Gasteiger partial charge in [-0.1, -0.05) is 6.07 Å². The number of halogens is 1. The molecule has 0 saturated heterocycles. The topological polar surface area (TPSA) is 72.3 Å². The highest BCUT2D eigenvalue weighted by molar-refractivity contribution is 9.10. The molecule has 2 aromatic rings. The third-order valence-electron chi connectivity index (χ3n) is 2.15. The van der Waals surface area contributed by atoms with Gasteiger partial charge in [-0.3, -0.25) is 0 Å². The summed E-state index contributed by atoms with van der Waals surface area (Å²) in [7, 11) is 0. The highest BCUT2D eigenvalue weighted by Crippen LogP contribution is 2.29. The van der Waals surface area contributed by atoms with Gasteiger partial charge in [-0.05, 0) is 40.5 Å². The fourth-order valence-corrected chi connectivity index (χ4v) is 1.85. The molecule has 0 bridgehead atoms. The van der Waals surface area contributed by atoms with Crippen LogP contribution in [0.3, 0.4) is 0 Å². The first-order valence-electron chi connectivity index (χ1n) is 5.05. The number of aryl methyl sites for hydroxylation is 1. The molecule has 2 rings (SSSR count). The molecule has 0 aliphatic heterocycles. The lowest BCUT2D eigenvalue weighted by atomic mass is 10.2. The zero-order valence-corrected chi connectivity index (χ0v) is 11.0. The molecule has 18 heavy (non-hydrogen) atoms. The van der Waals surface area contributed by atoms with E-state index < -0.39 is 5.97 Å². The van der Waals surface area contributed by atoms with Crippen molar-refractivity contribution in [1.82, 2.24) is 9.97 Å². The predicted molar refractivity (Wildman–Crippen MR) is 67.9 cm³/mol. The number of aromatic nitrogens is 2. The second-order valence-electron chi connectivity index (χ2n) is 3.58. The van der Waals surface area contributed by atoms with Crippen molar-refractivity contribution in [3.63, 3.8) is 0 Å². The third-order valence-corrected chi connectivity index (χ3v) is 2.77. The van der Waals surface area contributed by atoms with Crippen LogP contribution in [0.15, 0.2) is 35.1 Å². The molecule has 0 amide bonds. The predicted octanol–water partition coefficient (Wildman–Crippen LogP) is 3.04. The molecule has 0 atom stereocenters. The average Bonchev–Trinajstić information content (AvgIpc) is 2.33. The largest absolute Gasteiger partial charge is 0.476 e. The van der Waals surface area contributed by atoms with Gasteiger partial charge < -0.3 is 9.84 Å². The van der Waals surface area contributed by atoms with Gasteiger partial charge >= 0.3 is 5.97 Å². The summed E-state index contributed by atoms with van der Waals surface area (Å²) in [6.07, 6.45) is 2.43. The van der Waals surface area contributed by atoms with Crippen molar-refractivity contribution in [2.45, 2.75) is 6.92 Å². The van der Waals surface area contributed by atoms with E-state index in [2.05, 4.69) is 25.9 Å². The second kappa shape index (κ2) is 5.14. The Morgan fingerprint density at radius 1 is 1.33 bits per heavy atom. The van der Waals surface area contributed by atoms with Crippen LogP contribution in [-0.4, -0.2) is 21.0 Å². The Hall–Kier alpha value is -1.95. The van der Waals surface area contributed by atoms with Gasteiger partial charge in [0.05, 0.1) is 16.9 Å². The van der Waals surface area contributed by atoms with E-state index in [0.717, 1.165) is 16.2 Å². The Balaban J connectivity index is 2.21. The standard InChI is InChI=1S/C12H9BrN2O3/c1-7-2-3-10(8(13)4-7)18-11-6-14-9(5-15-11)12(16)17/h2-6H,1H3,(H,16,17). The van der Waals surface area contributed by atoms with E-state index in [9.17, 15) is 4.79 Å². The van der Waals surface area contributed by atoms with Crippen molar-refractivity contribution in [3.8, 4) is 11.6 Å². The summed E-state index contributed by atoms with van der Waals surface area (Å²) < 4.78 is 6.28. The minimum absolute atomic E-state index is 0.120. The molecular weight excluding hydrogens is 300 g/mol. The highest BCUT2D eigenvalue weighted by Gasteiger charge is 2.07. The van der Waals surface area contributed by atoms with Crippen LogP contribution in [0.5, 0.6) is 11.6 Å². The summed E-state index contributed by atoms with van der Waals surface area (Å²) in [6, 6.07) is 5.61. The Labute approximate surface area is 112 Å². The summed E-state index contributed by atoms with van der Waals surface area (Å²) in [4.78, 5) is 18.2. The highest BCUT2D eigenvalue weighted by atomic mass is 79.9. The maximum Gasteiger partial charge on any atom is 0.356 e. The number of rotatable bonds is 3. The van der Waals surface area contributed by atoms with Crippen molar-refractivity contribution < 1.29 is 14.6 Å².